The summed E-state index contributed by atoms with van der Waals surface area (Å²) >= 11 is 10.3. The van der Waals surface area contributed by atoms with E-state index in [4.69, 9.17) is 22.2 Å². The van der Waals surface area contributed by atoms with Crippen LogP contribution >= 0.6 is 22.2 Å². The molecule has 0 aromatic rings. The zero-order chi connectivity index (χ0) is 3.58. The molecule has 1 radical (unpaired) electrons. The Hall–Kier alpha value is 0.757. The summed E-state index contributed by atoms with van der Waals surface area (Å²) in [6.45, 7) is 1.80. The van der Waals surface area contributed by atoms with Gasteiger partial charge in [-0.15, -0.1) is 22.2 Å². The lowest BCUT2D eigenvalue weighted by Gasteiger charge is -1.66. The van der Waals surface area contributed by atoms with Gasteiger partial charge in [0.05, 0.1) is 0 Å². The van der Waals surface area contributed by atoms with E-state index in [2.05, 4.69) is 0 Å². The maximum Gasteiger partial charge on any atom is 0.270 e. The van der Waals surface area contributed by atoms with Crippen molar-refractivity contribution in [1.29, 1.82) is 0 Å². The number of rotatable bonds is 0. The molecule has 4 heteroatoms. The van der Waals surface area contributed by atoms with E-state index in [-0.39, 0.29) is 5.48 Å². The molecular weight excluding hydrogens is 127 g/mol. The van der Waals surface area contributed by atoms with Crippen LogP contribution in [0.1, 0.15) is 0 Å². The average Bonchev–Trinajstić information content (AvgIpc) is 0.811. The molecular formula is CH5Cl2OSi. The van der Waals surface area contributed by atoms with Gasteiger partial charge in [-0.05, 0) is 6.55 Å². The highest BCUT2D eigenvalue weighted by molar-refractivity contribution is 7.33. The zero-order valence-electron chi connectivity index (χ0n) is 2.76. The third-order valence-electron chi connectivity index (χ3n) is 0. The summed E-state index contributed by atoms with van der Waals surface area (Å²) in [5.74, 6) is 0. The third kappa shape index (κ3) is 63.1. The molecule has 0 aromatic carbocycles. The maximum atomic E-state index is 5.14. The monoisotopic (exact) mass is 131 g/mol. The summed E-state index contributed by atoms with van der Waals surface area (Å²) in [6, 6.07) is 0. The van der Waals surface area contributed by atoms with E-state index in [1.807, 2.05) is 0 Å². The standard InChI is InChI=1S/CH3Cl2Si.H2O/c1-4(2)3;/h1H3;1H2. The van der Waals surface area contributed by atoms with Crippen molar-refractivity contribution in [1.82, 2.24) is 0 Å². The van der Waals surface area contributed by atoms with Crippen LogP contribution in [0.25, 0.3) is 0 Å². The van der Waals surface area contributed by atoms with Gasteiger partial charge in [0.15, 0.2) is 0 Å². The van der Waals surface area contributed by atoms with Crippen LogP contribution in [0.4, 0.5) is 0 Å². The molecule has 0 fully saturated rings. The molecule has 0 spiro atoms. The van der Waals surface area contributed by atoms with Crippen LogP contribution in [0.5, 0.6) is 0 Å². The van der Waals surface area contributed by atoms with Crippen molar-refractivity contribution in [2.24, 2.45) is 0 Å². The molecule has 0 aliphatic heterocycles. The van der Waals surface area contributed by atoms with Gasteiger partial charge >= 0.3 is 0 Å². The minimum absolute atomic E-state index is 0. The predicted octanol–water partition coefficient (Wildman–Crippen LogP) is 0.757. The summed E-state index contributed by atoms with van der Waals surface area (Å²) in [7, 11) is -0.935. The minimum Gasteiger partial charge on any atom is -0.412 e. The second-order valence-electron chi connectivity index (χ2n) is 0.449. The lowest BCUT2D eigenvalue weighted by molar-refractivity contribution is 0.824. The van der Waals surface area contributed by atoms with E-state index in [1.54, 1.807) is 6.55 Å². The van der Waals surface area contributed by atoms with Gasteiger partial charge in [-0.2, -0.15) is 0 Å². The Kier molecular flexibility index (Phi) is 8.78. The van der Waals surface area contributed by atoms with E-state index >= 15 is 0 Å². The Morgan fingerprint density at radius 2 is 1.40 bits per heavy atom. The van der Waals surface area contributed by atoms with Gasteiger partial charge in [-0.1, -0.05) is 0 Å². The van der Waals surface area contributed by atoms with Crippen LogP contribution in [0.15, 0.2) is 0 Å². The number of halogens is 2. The van der Waals surface area contributed by atoms with Gasteiger partial charge < -0.3 is 5.48 Å². The van der Waals surface area contributed by atoms with Crippen LogP contribution in [0.3, 0.4) is 0 Å². The van der Waals surface area contributed by atoms with Crippen LogP contribution in [-0.2, 0) is 0 Å². The summed E-state index contributed by atoms with van der Waals surface area (Å²) in [5, 5.41) is 0. The number of hydrogen-bond acceptors (Lipinski definition) is 0. The van der Waals surface area contributed by atoms with Gasteiger partial charge in [-0.3, -0.25) is 0 Å². The van der Waals surface area contributed by atoms with Crippen molar-refractivity contribution in [3.63, 3.8) is 0 Å². The molecule has 5 heavy (non-hydrogen) atoms. The Bertz CT molecular complexity index is 14.4. The van der Waals surface area contributed by atoms with Crippen molar-refractivity contribution in [3.05, 3.63) is 0 Å². The van der Waals surface area contributed by atoms with Crippen LogP contribution in [0.2, 0.25) is 6.55 Å². The maximum absolute atomic E-state index is 5.14. The first-order valence-corrected chi connectivity index (χ1v) is 4.90. The molecule has 0 aliphatic rings. The van der Waals surface area contributed by atoms with Crippen molar-refractivity contribution in [3.8, 4) is 0 Å². The molecule has 0 rings (SSSR count). The van der Waals surface area contributed by atoms with Gasteiger partial charge in [0.1, 0.15) is 0 Å². The molecule has 33 valence electrons. The summed E-state index contributed by atoms with van der Waals surface area (Å²) in [6.07, 6.45) is 0. The highest BCUT2D eigenvalue weighted by atomic mass is 35.7. The molecule has 0 amide bonds. The van der Waals surface area contributed by atoms with Gasteiger partial charge in [0, 0.05) is 0 Å². The quantitative estimate of drug-likeness (QED) is 0.344. The SMILES string of the molecule is C[Si](Cl)Cl.O. The Morgan fingerprint density at radius 3 is 1.40 bits per heavy atom. The number of hydrogen-bond donors (Lipinski definition) is 0. The lowest BCUT2D eigenvalue weighted by Crippen LogP contribution is -1.72. The van der Waals surface area contributed by atoms with Crippen molar-refractivity contribution in [2.75, 3.05) is 0 Å². The van der Waals surface area contributed by atoms with Crippen molar-refractivity contribution < 1.29 is 5.48 Å². The first-order valence-electron chi connectivity index (χ1n) is 0.878. The average molecular weight is 132 g/mol. The Labute approximate surface area is 42.2 Å². The van der Waals surface area contributed by atoms with E-state index in [0.717, 1.165) is 0 Å². The molecule has 2 N–H and O–H groups in total. The second-order valence-corrected chi connectivity index (χ2v) is 5.33. The molecule has 0 saturated heterocycles. The molecule has 0 heterocycles. The normalized spacial score (nSPS) is 7.20. The van der Waals surface area contributed by atoms with Crippen molar-refractivity contribution in [2.45, 2.75) is 6.55 Å². The molecule has 1 nitrogen and oxygen atoms in total. The smallest absolute Gasteiger partial charge is 0.270 e. The van der Waals surface area contributed by atoms with Crippen LogP contribution in [-0.4, -0.2) is 12.9 Å². The van der Waals surface area contributed by atoms with E-state index in [1.165, 1.54) is 0 Å². The fourth-order valence-corrected chi connectivity index (χ4v) is 0. The topological polar surface area (TPSA) is 31.5 Å². The summed E-state index contributed by atoms with van der Waals surface area (Å²) in [5.41, 5.74) is 0. The zero-order valence-corrected chi connectivity index (χ0v) is 5.27. The molecule has 0 bridgehead atoms. The Morgan fingerprint density at radius 1 is 1.40 bits per heavy atom. The van der Waals surface area contributed by atoms with E-state index in [9.17, 15) is 0 Å². The second kappa shape index (κ2) is 4.76. The first kappa shape index (κ1) is 9.23. The molecule has 0 unspecified atom stereocenters. The van der Waals surface area contributed by atoms with E-state index in [0.29, 0.717) is 0 Å². The van der Waals surface area contributed by atoms with E-state index < -0.39 is 7.42 Å². The predicted molar refractivity (Wildman–Crippen MR) is 26.9 cm³/mol. The first-order chi connectivity index (χ1) is 1.73. The molecule has 0 atom stereocenters. The third-order valence-corrected chi connectivity index (χ3v) is 0. The largest absolute Gasteiger partial charge is 0.412 e. The molecule has 0 saturated carbocycles. The van der Waals surface area contributed by atoms with Crippen LogP contribution in [0, 0.1) is 0 Å². The van der Waals surface area contributed by atoms with Crippen LogP contribution < -0.4 is 0 Å². The minimum atomic E-state index is -0.935. The Balaban J connectivity index is 0. The molecule has 0 aliphatic carbocycles. The fraction of sp³-hybridized carbons (Fsp3) is 1.00. The highest BCUT2D eigenvalue weighted by Gasteiger charge is 1.82. The molecule has 0 aromatic heterocycles. The fourth-order valence-electron chi connectivity index (χ4n) is 0. The summed E-state index contributed by atoms with van der Waals surface area (Å²) < 4.78 is 0. The highest BCUT2D eigenvalue weighted by Crippen LogP contribution is 1.89. The van der Waals surface area contributed by atoms with Crippen molar-refractivity contribution >= 4 is 29.6 Å². The van der Waals surface area contributed by atoms with Gasteiger partial charge in [-0.25, -0.2) is 0 Å². The van der Waals surface area contributed by atoms with Gasteiger partial charge in [0.2, 0.25) is 0 Å². The lowest BCUT2D eigenvalue weighted by atomic mass is 11.9. The van der Waals surface area contributed by atoms with Gasteiger partial charge in [0.25, 0.3) is 7.42 Å². The summed E-state index contributed by atoms with van der Waals surface area (Å²) in [4.78, 5) is 0.